The Morgan fingerprint density at radius 2 is 1.52 bits per heavy atom. The number of nitrogens with zero attached hydrogens (tertiary/aromatic N) is 1. The van der Waals surface area contributed by atoms with Gasteiger partial charge in [0.25, 0.3) is 5.91 Å². The number of hydrogen-bond donors (Lipinski definition) is 4. The molecular formula is C37H61N5O7S. The van der Waals surface area contributed by atoms with Crippen molar-refractivity contribution in [3.8, 4) is 12.3 Å². The Bertz CT molecular complexity index is 1380. The van der Waals surface area contributed by atoms with Gasteiger partial charge in [-0.15, -0.1) is 6.42 Å². The third kappa shape index (κ3) is 10.9. The van der Waals surface area contributed by atoms with Crippen molar-refractivity contribution in [3.63, 3.8) is 0 Å². The number of terminal acetylenes is 1. The van der Waals surface area contributed by atoms with Gasteiger partial charge in [-0.3, -0.25) is 19.2 Å². The SMILES string of the molecule is C#CCNC(=O)C(=O)C(CC1CC1)NC(=O)[C@H](C)N(CCC)C(=O)[C@@H](NC(=O)NC1(CS(=O)(=O)C(C)(C)C)CCCCC1)C1(C)CCCCC1. The predicted octanol–water partition coefficient (Wildman–Crippen LogP) is 3.77. The Morgan fingerprint density at radius 3 is 2.04 bits per heavy atom. The van der Waals surface area contributed by atoms with Crippen molar-refractivity contribution < 1.29 is 32.4 Å². The number of rotatable bonds is 16. The van der Waals surface area contributed by atoms with Crippen LogP contribution in [-0.4, -0.2) is 90.1 Å². The van der Waals surface area contributed by atoms with E-state index < -0.39 is 73.2 Å². The van der Waals surface area contributed by atoms with E-state index in [2.05, 4.69) is 27.2 Å². The van der Waals surface area contributed by atoms with Crippen LogP contribution in [0, 0.1) is 23.7 Å². The maximum absolute atomic E-state index is 14.6. The molecule has 3 saturated carbocycles. The largest absolute Gasteiger partial charge is 0.344 e. The van der Waals surface area contributed by atoms with Crippen LogP contribution in [0.25, 0.3) is 0 Å². The van der Waals surface area contributed by atoms with Gasteiger partial charge in [0.1, 0.15) is 12.1 Å². The van der Waals surface area contributed by atoms with Crippen LogP contribution in [-0.2, 0) is 29.0 Å². The summed E-state index contributed by atoms with van der Waals surface area (Å²) >= 11 is 0. The number of ketones is 1. The van der Waals surface area contributed by atoms with Crippen LogP contribution < -0.4 is 21.3 Å². The summed E-state index contributed by atoms with van der Waals surface area (Å²) in [5.41, 5.74) is -1.56. The molecule has 5 amide bonds. The Morgan fingerprint density at radius 1 is 0.940 bits per heavy atom. The molecule has 13 heteroatoms. The van der Waals surface area contributed by atoms with Crippen LogP contribution in [0.15, 0.2) is 0 Å². The average molecular weight is 720 g/mol. The van der Waals surface area contributed by atoms with E-state index in [1.54, 1.807) is 27.7 Å². The number of amides is 5. The van der Waals surface area contributed by atoms with Gasteiger partial charge in [0.05, 0.1) is 28.6 Å². The molecule has 0 heterocycles. The fourth-order valence-electron chi connectivity index (χ4n) is 7.33. The van der Waals surface area contributed by atoms with Gasteiger partial charge in [0.2, 0.25) is 17.6 Å². The fraction of sp³-hybridized carbons (Fsp3) is 0.811. The maximum Gasteiger partial charge on any atom is 0.315 e. The fourth-order valence-corrected chi connectivity index (χ4v) is 8.86. The van der Waals surface area contributed by atoms with Gasteiger partial charge in [-0.2, -0.15) is 0 Å². The van der Waals surface area contributed by atoms with Gasteiger partial charge in [-0.05, 0) is 77.6 Å². The molecule has 3 aliphatic carbocycles. The number of carbonyl (C=O) groups is 5. The first-order chi connectivity index (χ1) is 23.4. The summed E-state index contributed by atoms with van der Waals surface area (Å²) < 4.78 is 25.8. The summed E-state index contributed by atoms with van der Waals surface area (Å²) in [7, 11) is -3.57. The standard InChI is InChI=1S/C37H61N5O7S/c1-8-22-38-32(45)29(43)28(24-27-16-17-27)39-31(44)26(3)42(23-9-2)33(46)30(36(7)18-12-10-13-19-36)40-34(47)41-37(20-14-11-15-21-37)25-50(48,49)35(4,5)6/h1,26-28,30H,9-25H2,2-7H3,(H,38,45)(H,39,44)(H2,40,41,47)/t26-,28?,30+/m0/s1. The number of hydrogen-bond acceptors (Lipinski definition) is 7. The van der Waals surface area contributed by atoms with Gasteiger partial charge in [-0.25, -0.2) is 13.2 Å². The van der Waals surface area contributed by atoms with Gasteiger partial charge in [0, 0.05) is 6.54 Å². The molecule has 0 aromatic carbocycles. The second-order valence-electron chi connectivity index (χ2n) is 16.2. The smallest absolute Gasteiger partial charge is 0.315 e. The molecule has 3 aliphatic rings. The molecule has 0 bridgehead atoms. The minimum Gasteiger partial charge on any atom is -0.344 e. The van der Waals surface area contributed by atoms with Crippen molar-refractivity contribution in [2.24, 2.45) is 11.3 Å². The number of sulfone groups is 1. The third-order valence-electron chi connectivity index (χ3n) is 10.9. The van der Waals surface area contributed by atoms with E-state index in [4.69, 9.17) is 6.42 Å². The van der Waals surface area contributed by atoms with E-state index in [1.807, 2.05) is 13.8 Å². The number of Topliss-reactive ketones (excluding diaryl/α,β-unsaturated/α-hetero) is 1. The zero-order valence-corrected chi connectivity index (χ0v) is 31.9. The van der Waals surface area contributed by atoms with Crippen LogP contribution in [0.5, 0.6) is 0 Å². The quantitative estimate of drug-likeness (QED) is 0.139. The summed E-state index contributed by atoms with van der Waals surface area (Å²) in [6.07, 6.45) is 15.6. The van der Waals surface area contributed by atoms with Crippen LogP contribution in [0.4, 0.5) is 4.79 Å². The van der Waals surface area contributed by atoms with Crippen molar-refractivity contribution in [1.29, 1.82) is 0 Å². The summed E-state index contributed by atoms with van der Waals surface area (Å²) in [5, 5.41) is 11.2. The first kappa shape index (κ1) is 41.3. The highest BCUT2D eigenvalue weighted by molar-refractivity contribution is 7.92. The van der Waals surface area contributed by atoms with Crippen LogP contribution in [0.1, 0.15) is 131 Å². The third-order valence-corrected chi connectivity index (χ3v) is 13.7. The lowest BCUT2D eigenvalue weighted by Gasteiger charge is -2.44. The highest BCUT2D eigenvalue weighted by atomic mass is 32.2. The van der Waals surface area contributed by atoms with E-state index in [-0.39, 0.29) is 24.8 Å². The zero-order valence-electron chi connectivity index (χ0n) is 31.1. The van der Waals surface area contributed by atoms with Crippen molar-refractivity contribution >= 4 is 39.4 Å². The molecule has 0 radical (unpaired) electrons. The molecule has 282 valence electrons. The predicted molar refractivity (Wildman–Crippen MR) is 194 cm³/mol. The number of nitrogens with one attached hydrogen (secondary N) is 4. The second kappa shape index (κ2) is 17.4. The van der Waals surface area contributed by atoms with E-state index >= 15 is 0 Å². The topological polar surface area (TPSA) is 171 Å². The lowest BCUT2D eigenvalue weighted by molar-refractivity contribution is -0.145. The van der Waals surface area contributed by atoms with E-state index in [0.717, 1.165) is 51.4 Å². The highest BCUT2D eigenvalue weighted by Gasteiger charge is 2.47. The molecule has 0 aromatic rings. The summed E-state index contributed by atoms with van der Waals surface area (Å²) in [4.78, 5) is 69.3. The molecule has 0 aliphatic heterocycles. The maximum atomic E-state index is 14.6. The Kier molecular flexibility index (Phi) is 14.4. The van der Waals surface area contributed by atoms with Crippen molar-refractivity contribution in [2.45, 2.75) is 160 Å². The molecule has 3 atom stereocenters. The van der Waals surface area contributed by atoms with Gasteiger partial charge in [-0.1, -0.05) is 71.1 Å². The lowest BCUT2D eigenvalue weighted by Crippen LogP contribution is -2.65. The van der Waals surface area contributed by atoms with Crippen LogP contribution >= 0.6 is 0 Å². The molecule has 3 rings (SSSR count). The molecular weight excluding hydrogens is 659 g/mol. The summed E-state index contributed by atoms with van der Waals surface area (Å²) in [6.45, 7) is 10.6. The van der Waals surface area contributed by atoms with E-state index in [9.17, 15) is 32.4 Å². The lowest BCUT2D eigenvalue weighted by atomic mass is 9.70. The summed E-state index contributed by atoms with van der Waals surface area (Å²) in [5.74, 6) is -0.330. The number of carbonyl (C=O) groups excluding carboxylic acids is 5. The zero-order chi connectivity index (χ0) is 37.3. The minimum absolute atomic E-state index is 0.113. The average Bonchev–Trinajstić information content (AvgIpc) is 3.87. The van der Waals surface area contributed by atoms with Crippen LogP contribution in [0.3, 0.4) is 0 Å². The van der Waals surface area contributed by atoms with Gasteiger partial charge < -0.3 is 26.2 Å². The molecule has 4 N–H and O–H groups in total. The van der Waals surface area contributed by atoms with Gasteiger partial charge >= 0.3 is 6.03 Å². The van der Waals surface area contributed by atoms with Gasteiger partial charge in [0.15, 0.2) is 9.84 Å². The molecule has 50 heavy (non-hydrogen) atoms. The molecule has 0 spiro atoms. The Hall–Kier alpha value is -3.14. The molecule has 0 saturated heterocycles. The molecule has 0 aromatic heterocycles. The van der Waals surface area contributed by atoms with E-state index in [1.165, 1.54) is 4.90 Å². The van der Waals surface area contributed by atoms with Crippen molar-refractivity contribution in [1.82, 2.24) is 26.2 Å². The monoisotopic (exact) mass is 719 g/mol. The number of urea groups is 1. The van der Waals surface area contributed by atoms with Crippen molar-refractivity contribution in [2.75, 3.05) is 18.8 Å². The normalized spacial score (nSPS) is 20.6. The Balaban J connectivity index is 1.87. The Labute approximate surface area is 299 Å². The first-order valence-corrected chi connectivity index (χ1v) is 20.2. The summed E-state index contributed by atoms with van der Waals surface area (Å²) in [6, 6.07) is -3.64. The molecule has 1 unspecified atom stereocenters. The molecule has 3 fully saturated rings. The van der Waals surface area contributed by atoms with E-state index in [0.29, 0.717) is 38.5 Å². The van der Waals surface area contributed by atoms with Crippen LogP contribution in [0.2, 0.25) is 0 Å². The first-order valence-electron chi connectivity index (χ1n) is 18.6. The highest BCUT2D eigenvalue weighted by Crippen LogP contribution is 2.40. The molecule has 12 nitrogen and oxygen atoms in total. The minimum atomic E-state index is -3.57. The van der Waals surface area contributed by atoms with Crippen molar-refractivity contribution in [3.05, 3.63) is 0 Å². The second-order valence-corrected chi connectivity index (χ2v) is 18.9.